The van der Waals surface area contributed by atoms with Crippen molar-refractivity contribution in [3.8, 4) is 0 Å². The molecule has 324 valence electrons. The van der Waals surface area contributed by atoms with Crippen LogP contribution in [0.2, 0.25) is 0 Å². The fourth-order valence-corrected chi connectivity index (χ4v) is 7.08. The highest BCUT2D eigenvalue weighted by Gasteiger charge is 2.24. The van der Waals surface area contributed by atoms with Crippen LogP contribution in [0.5, 0.6) is 0 Å². The molecule has 4 N–H and O–H groups in total. The second-order valence-corrected chi connectivity index (χ2v) is 17.0. The van der Waals surface area contributed by atoms with Gasteiger partial charge in [0.15, 0.2) is 0 Å². The third kappa shape index (κ3) is 18.0. The minimum atomic E-state index is -0.793. The van der Waals surface area contributed by atoms with E-state index in [1.165, 1.54) is 21.2 Å². The molecule has 2 aromatic rings. The van der Waals surface area contributed by atoms with E-state index in [0.29, 0.717) is 37.1 Å². The predicted octanol–water partition coefficient (Wildman–Crippen LogP) is 6.09. The first-order chi connectivity index (χ1) is 26.8. The molecule has 57 heavy (non-hydrogen) atoms. The highest BCUT2D eigenvalue weighted by Crippen LogP contribution is 2.24. The molecule has 0 bridgehead atoms. The topological polar surface area (TPSA) is 179 Å². The molecule has 15 nitrogen and oxygen atoms in total. The summed E-state index contributed by atoms with van der Waals surface area (Å²) in [7, 11) is 0. The van der Waals surface area contributed by atoms with Crippen molar-refractivity contribution in [1.29, 1.82) is 0 Å². The molecule has 0 aliphatic carbocycles. The number of likely N-dealkylation sites (tertiary alicyclic amines) is 1. The van der Waals surface area contributed by atoms with Gasteiger partial charge in [-0.25, -0.2) is 14.6 Å². The molecular formula is C42H74N8O7. The van der Waals surface area contributed by atoms with Crippen LogP contribution in [0.25, 0.3) is 0 Å². The molecule has 4 aliphatic rings. The first-order valence-corrected chi connectivity index (χ1v) is 20.9. The van der Waals surface area contributed by atoms with E-state index < -0.39 is 18.2 Å². The molecule has 2 saturated heterocycles. The Bertz CT molecular complexity index is 1500. The number of pyridine rings is 1. The number of aromatic amines is 1. The third-order valence-electron chi connectivity index (χ3n) is 11.0. The number of piperidine rings is 1. The summed E-state index contributed by atoms with van der Waals surface area (Å²) in [5.41, 5.74) is 2.40. The number of carbonyl (C=O) groups is 3. The van der Waals surface area contributed by atoms with Crippen molar-refractivity contribution >= 4 is 18.2 Å². The van der Waals surface area contributed by atoms with E-state index in [1.54, 1.807) is 6.07 Å². The summed E-state index contributed by atoms with van der Waals surface area (Å²) >= 11 is 0. The van der Waals surface area contributed by atoms with Crippen LogP contribution in [0.4, 0.5) is 9.59 Å². The van der Waals surface area contributed by atoms with Crippen molar-refractivity contribution < 1.29 is 29.7 Å². The summed E-state index contributed by atoms with van der Waals surface area (Å²) in [6.45, 7) is 30.0. The number of carboxylic acids is 1. The Kier molecular flexibility index (Phi) is 21.4. The normalized spacial score (nSPS) is 17.7. The number of imidazole rings is 1. The zero-order valence-corrected chi connectivity index (χ0v) is 36.5. The Morgan fingerprint density at radius 3 is 1.74 bits per heavy atom. The number of piperazine rings is 1. The van der Waals surface area contributed by atoms with Crippen molar-refractivity contribution in [3.05, 3.63) is 52.0 Å². The number of H-pyrrole nitrogens is 1. The van der Waals surface area contributed by atoms with Crippen LogP contribution in [0.1, 0.15) is 106 Å². The minimum Gasteiger partial charge on any atom is -0.481 e. The molecule has 2 fully saturated rings. The zero-order chi connectivity index (χ0) is 42.8. The standard InChI is InChI=1S/C11H16N2O.C9H15N3.C9H17NO2.C8H16N2O2.C5H10O2/c1-8(2)13-6-5-10-9(7-13)3-4-11(14)12-10;1-8(2)11-5-3-9-10-4-6-12(9)7-11;1-7(2)8-3-5-10(6-4-8)9(11)12;1-7(2)9-3-5-10(6-4-9)8(11)12;1-4(2)3-5(6)7/h3-4,8H,5-7H2,1-2H3,(H,12,14);4,6,8H,3,5,7H2,1-2H3;7-8H,3-6H2,1-2H3,(H,11,12);7H,3-6H2,1-2H3,(H,11,12);4H,3H2,1-2H3,(H,6,7). The van der Waals surface area contributed by atoms with E-state index in [0.717, 1.165) is 89.8 Å². The molecule has 6 rings (SSSR count). The molecule has 2 aromatic heterocycles. The Morgan fingerprint density at radius 1 is 0.719 bits per heavy atom. The first-order valence-electron chi connectivity index (χ1n) is 20.9. The lowest BCUT2D eigenvalue weighted by Crippen LogP contribution is -2.50. The molecule has 4 aliphatic heterocycles. The van der Waals surface area contributed by atoms with Crippen LogP contribution in [-0.4, -0.2) is 143 Å². The van der Waals surface area contributed by atoms with Crippen LogP contribution in [0.15, 0.2) is 29.3 Å². The molecule has 0 spiro atoms. The van der Waals surface area contributed by atoms with Crippen molar-refractivity contribution in [2.45, 2.75) is 133 Å². The average Bonchev–Trinajstić information content (AvgIpc) is 3.63. The lowest BCUT2D eigenvalue weighted by molar-refractivity contribution is -0.137. The molecule has 0 radical (unpaired) electrons. The zero-order valence-electron chi connectivity index (χ0n) is 36.5. The van der Waals surface area contributed by atoms with Crippen LogP contribution >= 0.6 is 0 Å². The van der Waals surface area contributed by atoms with Gasteiger partial charge in [-0.05, 0) is 77.7 Å². The predicted molar refractivity (Wildman–Crippen MR) is 225 cm³/mol. The molecule has 0 saturated carbocycles. The maximum Gasteiger partial charge on any atom is 0.407 e. The molecule has 2 amide bonds. The monoisotopic (exact) mass is 803 g/mol. The number of hydrogen-bond donors (Lipinski definition) is 4. The van der Waals surface area contributed by atoms with Crippen LogP contribution in [0, 0.1) is 17.8 Å². The summed E-state index contributed by atoms with van der Waals surface area (Å²) in [4.78, 5) is 59.3. The number of fused-ring (bicyclic) bond motifs is 2. The van der Waals surface area contributed by atoms with Gasteiger partial charge in [0.2, 0.25) is 5.56 Å². The van der Waals surface area contributed by atoms with Gasteiger partial charge in [-0.15, -0.1) is 0 Å². The Labute approximate surface area is 341 Å². The van der Waals surface area contributed by atoms with E-state index >= 15 is 0 Å². The Hall–Kier alpha value is -3.95. The van der Waals surface area contributed by atoms with Crippen LogP contribution in [0.3, 0.4) is 0 Å². The largest absolute Gasteiger partial charge is 0.481 e. The van der Waals surface area contributed by atoms with Gasteiger partial charge in [0.1, 0.15) is 5.82 Å². The van der Waals surface area contributed by atoms with Crippen molar-refractivity contribution in [2.24, 2.45) is 17.8 Å². The number of aromatic nitrogens is 3. The summed E-state index contributed by atoms with van der Waals surface area (Å²) in [5, 5.41) is 25.4. The second kappa shape index (κ2) is 24.7. The summed E-state index contributed by atoms with van der Waals surface area (Å²) in [5.74, 6) is 2.21. The smallest absolute Gasteiger partial charge is 0.407 e. The van der Waals surface area contributed by atoms with Crippen molar-refractivity contribution in [1.82, 2.24) is 39.0 Å². The molecular weight excluding hydrogens is 729 g/mol. The minimum absolute atomic E-state index is 0.0155. The average molecular weight is 803 g/mol. The Morgan fingerprint density at radius 2 is 1.26 bits per heavy atom. The number of nitrogens with one attached hydrogen (secondary N) is 1. The van der Waals surface area contributed by atoms with Gasteiger partial charge in [0.05, 0.1) is 6.67 Å². The fourth-order valence-electron chi connectivity index (χ4n) is 7.08. The molecule has 15 heteroatoms. The van der Waals surface area contributed by atoms with E-state index in [-0.39, 0.29) is 17.9 Å². The van der Waals surface area contributed by atoms with Crippen molar-refractivity contribution in [2.75, 3.05) is 52.4 Å². The highest BCUT2D eigenvalue weighted by atomic mass is 16.4. The molecule has 0 atom stereocenters. The number of aliphatic carboxylic acids is 1. The molecule has 6 heterocycles. The Balaban J connectivity index is 0.000000250. The number of carboxylic acid groups (broad SMARTS) is 3. The van der Waals surface area contributed by atoms with Gasteiger partial charge in [-0.2, -0.15) is 0 Å². The maximum atomic E-state index is 11.1. The molecule has 0 aromatic carbocycles. The first kappa shape index (κ1) is 49.2. The van der Waals surface area contributed by atoms with E-state index in [9.17, 15) is 19.2 Å². The molecule has 0 unspecified atom stereocenters. The lowest BCUT2D eigenvalue weighted by Gasteiger charge is -2.35. The van der Waals surface area contributed by atoms with Gasteiger partial charge in [0.25, 0.3) is 0 Å². The van der Waals surface area contributed by atoms with E-state index in [1.807, 2.05) is 26.1 Å². The van der Waals surface area contributed by atoms with Crippen LogP contribution < -0.4 is 5.56 Å². The number of amides is 2. The van der Waals surface area contributed by atoms with Gasteiger partial charge < -0.3 is 34.7 Å². The van der Waals surface area contributed by atoms with Gasteiger partial charge in [-0.3, -0.25) is 24.3 Å². The number of rotatable bonds is 6. The second-order valence-electron chi connectivity index (χ2n) is 17.0. The van der Waals surface area contributed by atoms with Crippen molar-refractivity contribution in [3.63, 3.8) is 0 Å². The van der Waals surface area contributed by atoms with Gasteiger partial charge in [-0.1, -0.05) is 33.8 Å². The summed E-state index contributed by atoms with van der Waals surface area (Å²) < 4.78 is 2.23. The number of nitrogens with zero attached hydrogens (tertiary/aromatic N) is 7. The SMILES string of the molecule is CC(C)C1CCN(C(=O)O)CC1.CC(C)CC(=O)O.CC(C)N1CCN(C(=O)O)CC1.CC(C)N1CCc2[nH]c(=O)ccc2C1.CC(C)N1CCc2nccn2C1. The van der Waals surface area contributed by atoms with Crippen LogP contribution in [-0.2, 0) is 30.8 Å². The van der Waals surface area contributed by atoms with Gasteiger partial charge in [0, 0.05) is 120 Å². The quantitative estimate of drug-likeness (QED) is 0.266. The maximum absolute atomic E-state index is 11.1. The fraction of sp³-hybridized carbons (Fsp3) is 0.738. The highest BCUT2D eigenvalue weighted by molar-refractivity contribution is 5.66. The third-order valence-corrected chi connectivity index (χ3v) is 11.0. The van der Waals surface area contributed by atoms with Gasteiger partial charge >= 0.3 is 18.2 Å². The van der Waals surface area contributed by atoms with E-state index in [4.69, 9.17) is 15.3 Å². The van der Waals surface area contributed by atoms with E-state index in [2.05, 4.69) is 90.8 Å². The summed E-state index contributed by atoms with van der Waals surface area (Å²) in [6.07, 6.45) is 6.78. The lowest BCUT2D eigenvalue weighted by atomic mass is 9.87. The summed E-state index contributed by atoms with van der Waals surface area (Å²) in [6, 6.07) is 5.31. The number of hydrogen-bond acceptors (Lipinski definition) is 8.